The van der Waals surface area contributed by atoms with Crippen LogP contribution in [0.1, 0.15) is 66.3 Å². The number of nitrogens with one attached hydrogen (secondary N) is 1. The van der Waals surface area contributed by atoms with Crippen LogP contribution in [0.2, 0.25) is 0 Å². The van der Waals surface area contributed by atoms with Gasteiger partial charge < -0.3 is 9.88 Å². The summed E-state index contributed by atoms with van der Waals surface area (Å²) in [6.45, 7) is 9.74. The summed E-state index contributed by atoms with van der Waals surface area (Å²) < 4.78 is 0. The number of thiazole rings is 1. The molecule has 5 nitrogen and oxygen atoms in total. The maximum absolute atomic E-state index is 12.6. The molecule has 0 unspecified atom stereocenters. The van der Waals surface area contributed by atoms with Crippen molar-refractivity contribution in [2.75, 3.05) is 13.1 Å². The molecule has 2 aromatic heterocycles. The lowest BCUT2D eigenvalue weighted by Gasteiger charge is -2.31. The van der Waals surface area contributed by atoms with E-state index < -0.39 is 0 Å². The third-order valence-corrected chi connectivity index (χ3v) is 5.65. The molecule has 1 saturated heterocycles. The first-order chi connectivity index (χ1) is 11.7. The highest BCUT2D eigenvalue weighted by atomic mass is 32.1. The second-order valence-electron chi connectivity index (χ2n) is 7.80. The van der Waals surface area contributed by atoms with E-state index in [4.69, 9.17) is 4.98 Å². The first-order valence-corrected chi connectivity index (χ1v) is 9.58. The van der Waals surface area contributed by atoms with E-state index >= 15 is 0 Å². The van der Waals surface area contributed by atoms with Gasteiger partial charge in [0.05, 0.1) is 10.7 Å². The molecule has 1 fully saturated rings. The Morgan fingerprint density at radius 3 is 2.52 bits per heavy atom. The van der Waals surface area contributed by atoms with E-state index in [9.17, 15) is 9.59 Å². The Kier molecular flexibility index (Phi) is 4.82. The van der Waals surface area contributed by atoms with Gasteiger partial charge >= 0.3 is 0 Å². The third kappa shape index (κ3) is 4.00. The number of hydrogen-bond donors (Lipinski definition) is 1. The second kappa shape index (κ2) is 6.75. The summed E-state index contributed by atoms with van der Waals surface area (Å²) in [6, 6.07) is 3.13. The lowest BCUT2D eigenvalue weighted by atomic mass is 9.93. The maximum atomic E-state index is 12.6. The van der Waals surface area contributed by atoms with E-state index in [0.717, 1.165) is 18.5 Å². The lowest BCUT2D eigenvalue weighted by Crippen LogP contribution is -2.38. The fraction of sp³-hybridized carbons (Fsp3) is 0.526. The zero-order valence-corrected chi connectivity index (χ0v) is 16.1. The number of aromatic amines is 1. The van der Waals surface area contributed by atoms with E-state index in [2.05, 4.69) is 31.1 Å². The molecule has 1 aliphatic heterocycles. The number of piperidine rings is 1. The fourth-order valence-corrected chi connectivity index (χ4v) is 4.36. The van der Waals surface area contributed by atoms with E-state index in [1.807, 2.05) is 4.90 Å². The van der Waals surface area contributed by atoms with E-state index in [1.54, 1.807) is 24.3 Å². The average molecular weight is 359 g/mol. The Labute approximate surface area is 152 Å². The molecule has 0 aromatic carbocycles. The molecular weight excluding hydrogens is 334 g/mol. The number of aryl methyl sites for hydroxylation is 1. The average Bonchev–Trinajstić information content (AvgIpc) is 3.03. The van der Waals surface area contributed by atoms with Crippen molar-refractivity contribution in [3.63, 3.8) is 0 Å². The number of amides is 1. The van der Waals surface area contributed by atoms with E-state index in [-0.39, 0.29) is 16.9 Å². The van der Waals surface area contributed by atoms with Crippen molar-refractivity contribution in [2.45, 2.75) is 51.9 Å². The zero-order valence-electron chi connectivity index (χ0n) is 15.3. The van der Waals surface area contributed by atoms with Gasteiger partial charge in [0.25, 0.3) is 5.91 Å². The summed E-state index contributed by atoms with van der Waals surface area (Å²) >= 11 is 1.73. The molecule has 0 atom stereocenters. The molecule has 1 aliphatic rings. The van der Waals surface area contributed by atoms with Gasteiger partial charge in [-0.3, -0.25) is 9.59 Å². The minimum Gasteiger partial charge on any atom is -0.339 e. The predicted octanol–water partition coefficient (Wildman–Crippen LogP) is 3.46. The summed E-state index contributed by atoms with van der Waals surface area (Å²) in [5.41, 5.74) is 2.18. The first kappa shape index (κ1) is 17.9. The number of hydrogen-bond acceptors (Lipinski definition) is 4. The highest BCUT2D eigenvalue weighted by Crippen LogP contribution is 2.33. The van der Waals surface area contributed by atoms with Gasteiger partial charge in [0.15, 0.2) is 0 Å². The molecule has 0 saturated carbocycles. The summed E-state index contributed by atoms with van der Waals surface area (Å²) in [5, 5.41) is 3.34. The molecule has 3 heterocycles. The topological polar surface area (TPSA) is 66.1 Å². The van der Waals surface area contributed by atoms with Crippen LogP contribution in [-0.4, -0.2) is 33.9 Å². The molecule has 0 bridgehead atoms. The van der Waals surface area contributed by atoms with Crippen LogP contribution in [0.4, 0.5) is 0 Å². The molecule has 134 valence electrons. The Morgan fingerprint density at radius 2 is 1.96 bits per heavy atom. The molecule has 1 N–H and O–H groups in total. The maximum Gasteiger partial charge on any atom is 0.254 e. The van der Waals surface area contributed by atoms with Gasteiger partial charge in [-0.1, -0.05) is 20.8 Å². The second-order valence-corrected chi connectivity index (χ2v) is 8.69. The molecule has 0 spiro atoms. The Bertz CT molecular complexity index is 824. The summed E-state index contributed by atoms with van der Waals surface area (Å²) in [6.07, 6.45) is 1.84. The molecule has 3 rings (SSSR count). The SMILES string of the molecule is Cc1cc(C(=O)N2CCC(c3nc(C(C)(C)C)cs3)CC2)cc(=O)[nH]1. The number of pyridine rings is 1. The minimum absolute atomic E-state index is 0.0535. The molecule has 0 radical (unpaired) electrons. The number of H-pyrrole nitrogens is 1. The quantitative estimate of drug-likeness (QED) is 0.893. The molecule has 1 amide bonds. The van der Waals surface area contributed by atoms with Crippen LogP contribution in [-0.2, 0) is 5.41 Å². The van der Waals surface area contributed by atoms with E-state index in [0.29, 0.717) is 30.3 Å². The van der Waals surface area contributed by atoms with E-state index in [1.165, 1.54) is 11.1 Å². The number of likely N-dealkylation sites (tertiary alicyclic amines) is 1. The Balaban J connectivity index is 1.66. The predicted molar refractivity (Wildman–Crippen MR) is 100 cm³/mol. The van der Waals surface area contributed by atoms with Gasteiger partial charge in [-0.15, -0.1) is 11.3 Å². The van der Waals surface area contributed by atoms with Crippen LogP contribution in [0, 0.1) is 6.92 Å². The van der Waals surface area contributed by atoms with Gasteiger partial charge in [0.2, 0.25) is 5.56 Å². The van der Waals surface area contributed by atoms with Crippen LogP contribution in [0.25, 0.3) is 0 Å². The van der Waals surface area contributed by atoms with Gasteiger partial charge in [-0.2, -0.15) is 0 Å². The number of carbonyl (C=O) groups is 1. The Morgan fingerprint density at radius 1 is 1.28 bits per heavy atom. The van der Waals surface area contributed by atoms with Crippen LogP contribution >= 0.6 is 11.3 Å². The van der Waals surface area contributed by atoms with Crippen LogP contribution in [0.3, 0.4) is 0 Å². The highest BCUT2D eigenvalue weighted by molar-refractivity contribution is 7.09. The fourth-order valence-electron chi connectivity index (χ4n) is 3.14. The molecule has 0 aliphatic carbocycles. The summed E-state index contributed by atoms with van der Waals surface area (Å²) in [7, 11) is 0. The van der Waals surface area contributed by atoms with Crippen LogP contribution in [0.5, 0.6) is 0 Å². The van der Waals surface area contributed by atoms with Crippen LogP contribution in [0.15, 0.2) is 22.3 Å². The molecule has 6 heteroatoms. The van der Waals surface area contributed by atoms with Gasteiger partial charge in [-0.25, -0.2) is 4.98 Å². The number of aromatic nitrogens is 2. The largest absolute Gasteiger partial charge is 0.339 e. The first-order valence-electron chi connectivity index (χ1n) is 8.70. The van der Waals surface area contributed by atoms with Gasteiger partial charge in [0.1, 0.15) is 0 Å². The number of rotatable bonds is 2. The van der Waals surface area contributed by atoms with Crippen molar-refractivity contribution < 1.29 is 4.79 Å². The van der Waals surface area contributed by atoms with Crippen molar-refractivity contribution in [3.8, 4) is 0 Å². The van der Waals surface area contributed by atoms with Crippen molar-refractivity contribution >= 4 is 17.2 Å². The third-order valence-electron chi connectivity index (χ3n) is 4.65. The Hall–Kier alpha value is -1.95. The van der Waals surface area contributed by atoms with Gasteiger partial charge in [-0.05, 0) is 25.8 Å². The minimum atomic E-state index is -0.226. The molecule has 2 aromatic rings. The summed E-state index contributed by atoms with van der Waals surface area (Å²) in [5.74, 6) is 0.369. The monoisotopic (exact) mass is 359 g/mol. The normalized spacial score (nSPS) is 16.2. The van der Waals surface area contributed by atoms with Crippen molar-refractivity contribution in [1.29, 1.82) is 0 Å². The molecular formula is C19H25N3O2S. The smallest absolute Gasteiger partial charge is 0.254 e. The van der Waals surface area contributed by atoms with Gasteiger partial charge in [0, 0.05) is 47.1 Å². The molecule has 25 heavy (non-hydrogen) atoms. The standard InChI is InChI=1S/C19H25N3O2S/c1-12-9-14(10-16(23)20-12)18(24)22-7-5-13(6-8-22)17-21-15(11-25-17)19(2,3)4/h9-11,13H,5-8H2,1-4H3,(H,20,23). The van der Waals surface area contributed by atoms with Crippen molar-refractivity contribution in [1.82, 2.24) is 14.9 Å². The van der Waals surface area contributed by atoms with Crippen molar-refractivity contribution in [2.24, 2.45) is 0 Å². The van der Waals surface area contributed by atoms with Crippen molar-refractivity contribution in [3.05, 3.63) is 49.8 Å². The highest BCUT2D eigenvalue weighted by Gasteiger charge is 2.27. The lowest BCUT2D eigenvalue weighted by molar-refractivity contribution is 0.0712. The van der Waals surface area contributed by atoms with Crippen LogP contribution < -0.4 is 5.56 Å². The number of carbonyl (C=O) groups excluding carboxylic acids is 1. The summed E-state index contributed by atoms with van der Waals surface area (Å²) in [4.78, 5) is 33.6. The zero-order chi connectivity index (χ0) is 18.2. The number of nitrogens with zero attached hydrogens (tertiary/aromatic N) is 2.